The van der Waals surface area contributed by atoms with Gasteiger partial charge in [0.1, 0.15) is 0 Å². The number of benzene rings is 2. The van der Waals surface area contributed by atoms with Crippen LogP contribution < -0.4 is 4.90 Å². The third kappa shape index (κ3) is 4.04. The number of piperidine rings is 3. The quantitative estimate of drug-likeness (QED) is 0.634. The molecule has 0 aromatic heterocycles. The molecule has 29 heavy (non-hydrogen) atoms. The minimum Gasteiger partial charge on any atom is -0.396 e. The van der Waals surface area contributed by atoms with Gasteiger partial charge in [-0.05, 0) is 36.5 Å². The van der Waals surface area contributed by atoms with E-state index in [9.17, 15) is 4.79 Å². The number of fused-ring (bicyclic) bond motifs is 3. The van der Waals surface area contributed by atoms with Crippen LogP contribution in [-0.2, 0) is 11.3 Å². The zero-order valence-electron chi connectivity index (χ0n) is 17.1. The van der Waals surface area contributed by atoms with Gasteiger partial charge in [0.05, 0.1) is 26.2 Å². The first-order chi connectivity index (χ1) is 14.2. The zero-order chi connectivity index (χ0) is 19.7. The predicted molar refractivity (Wildman–Crippen MR) is 114 cm³/mol. The van der Waals surface area contributed by atoms with Crippen molar-refractivity contribution in [3.63, 3.8) is 0 Å². The van der Waals surface area contributed by atoms with E-state index in [1.807, 2.05) is 48.5 Å². The molecular formula is C25H31N2O2+. The van der Waals surface area contributed by atoms with Gasteiger partial charge in [0.25, 0.3) is 0 Å². The van der Waals surface area contributed by atoms with Crippen molar-refractivity contribution in [2.45, 2.75) is 44.9 Å². The van der Waals surface area contributed by atoms with E-state index in [0.29, 0.717) is 6.54 Å². The van der Waals surface area contributed by atoms with Gasteiger partial charge >= 0.3 is 6.09 Å². The highest BCUT2D eigenvalue weighted by Gasteiger charge is 2.51. The largest absolute Gasteiger partial charge is 0.419 e. The van der Waals surface area contributed by atoms with Crippen LogP contribution in [0.5, 0.6) is 0 Å². The molecule has 1 atom stereocenters. The third-order valence-corrected chi connectivity index (χ3v) is 7.14. The van der Waals surface area contributed by atoms with Crippen LogP contribution in [0, 0.1) is 11.8 Å². The van der Waals surface area contributed by atoms with Gasteiger partial charge in [0, 0.05) is 30.9 Å². The Labute approximate surface area is 173 Å². The molecule has 4 aliphatic rings. The highest BCUT2D eigenvalue weighted by atomic mass is 16.6. The van der Waals surface area contributed by atoms with Crippen molar-refractivity contribution in [1.82, 2.24) is 0 Å². The molecule has 1 saturated carbocycles. The zero-order valence-corrected chi connectivity index (χ0v) is 17.1. The Hall–Kier alpha value is -2.33. The Morgan fingerprint density at radius 2 is 1.59 bits per heavy atom. The summed E-state index contributed by atoms with van der Waals surface area (Å²) in [6.45, 7) is 4.10. The first kappa shape index (κ1) is 18.7. The molecule has 4 fully saturated rings. The van der Waals surface area contributed by atoms with Crippen LogP contribution in [0.4, 0.5) is 10.5 Å². The van der Waals surface area contributed by atoms with Gasteiger partial charge in [-0.15, -0.1) is 0 Å². The second-order valence-electron chi connectivity index (χ2n) is 9.22. The Balaban J connectivity index is 1.37. The van der Waals surface area contributed by atoms with Crippen molar-refractivity contribution in [2.24, 2.45) is 11.8 Å². The Bertz CT molecular complexity index is 826. The van der Waals surface area contributed by atoms with Crippen molar-refractivity contribution < 1.29 is 14.0 Å². The molecule has 0 radical (unpaired) electrons. The molecule has 1 aliphatic carbocycles. The van der Waals surface area contributed by atoms with E-state index in [4.69, 9.17) is 4.74 Å². The number of para-hydroxylation sites is 1. The van der Waals surface area contributed by atoms with Gasteiger partial charge in [0.2, 0.25) is 6.23 Å². The molecule has 4 nitrogen and oxygen atoms in total. The average Bonchev–Trinajstić information content (AvgIpc) is 3.58. The molecule has 0 unspecified atom stereocenters. The highest BCUT2D eigenvalue weighted by Crippen LogP contribution is 2.43. The summed E-state index contributed by atoms with van der Waals surface area (Å²) in [5, 5.41) is 0. The fourth-order valence-electron chi connectivity index (χ4n) is 5.26. The molecular weight excluding hydrogens is 360 g/mol. The predicted octanol–water partition coefficient (Wildman–Crippen LogP) is 5.20. The highest BCUT2D eigenvalue weighted by molar-refractivity contribution is 5.87. The summed E-state index contributed by atoms with van der Waals surface area (Å²) >= 11 is 0. The van der Waals surface area contributed by atoms with Gasteiger partial charge < -0.3 is 4.74 Å². The summed E-state index contributed by atoms with van der Waals surface area (Å²) in [6, 6.07) is 20.1. The second-order valence-corrected chi connectivity index (χ2v) is 9.22. The van der Waals surface area contributed by atoms with E-state index in [2.05, 4.69) is 12.1 Å². The van der Waals surface area contributed by atoms with Crippen molar-refractivity contribution in [3.05, 3.63) is 66.2 Å². The summed E-state index contributed by atoms with van der Waals surface area (Å²) in [4.78, 5) is 15.2. The lowest BCUT2D eigenvalue weighted by molar-refractivity contribution is -0.985. The Morgan fingerprint density at radius 1 is 0.931 bits per heavy atom. The summed E-state index contributed by atoms with van der Waals surface area (Å²) in [6.07, 6.45) is 6.17. The standard InChI is InChI=1S/C25H31N2O2/c28-25(26(23-9-5-2-6-10-23)18-21-7-3-1-4-8-21)29-24-17-20-13-15-27(24,16-14-20)19-22-11-12-22/h1-10,20,22,24H,11-19H2/q+1/t20?,24-,27?/m1/s1. The van der Waals surface area contributed by atoms with E-state index in [1.54, 1.807) is 4.90 Å². The summed E-state index contributed by atoms with van der Waals surface area (Å²) in [7, 11) is 0. The monoisotopic (exact) mass is 391 g/mol. The van der Waals surface area contributed by atoms with Gasteiger partial charge in [0.15, 0.2) is 0 Å². The van der Waals surface area contributed by atoms with E-state index >= 15 is 0 Å². The third-order valence-electron chi connectivity index (χ3n) is 7.14. The number of anilines is 1. The number of amides is 1. The van der Waals surface area contributed by atoms with Crippen molar-refractivity contribution in [1.29, 1.82) is 0 Å². The summed E-state index contributed by atoms with van der Waals surface area (Å²) in [5.41, 5.74) is 2.01. The van der Waals surface area contributed by atoms with Gasteiger partial charge in [-0.1, -0.05) is 48.5 Å². The van der Waals surface area contributed by atoms with E-state index in [-0.39, 0.29) is 12.3 Å². The fourth-order valence-corrected chi connectivity index (χ4v) is 5.26. The smallest absolute Gasteiger partial charge is 0.396 e. The summed E-state index contributed by atoms with van der Waals surface area (Å²) < 4.78 is 7.32. The van der Waals surface area contributed by atoms with E-state index in [0.717, 1.165) is 34.0 Å². The maximum Gasteiger partial charge on any atom is 0.419 e. The van der Waals surface area contributed by atoms with Crippen molar-refractivity contribution in [2.75, 3.05) is 24.5 Å². The number of nitrogens with zero attached hydrogens (tertiary/aromatic N) is 2. The minimum atomic E-state index is -0.203. The maximum atomic E-state index is 13.4. The number of quaternary nitrogens is 1. The number of rotatable bonds is 6. The minimum absolute atomic E-state index is 0.0255. The number of carbonyl (C=O) groups excluding carboxylic acids is 1. The molecule has 152 valence electrons. The number of ether oxygens (including phenoxy) is 1. The average molecular weight is 392 g/mol. The summed E-state index contributed by atoms with van der Waals surface area (Å²) in [5.74, 6) is 1.58. The molecule has 0 N–H and O–H groups in total. The first-order valence-corrected chi connectivity index (χ1v) is 11.1. The van der Waals surface area contributed by atoms with Crippen LogP contribution >= 0.6 is 0 Å². The van der Waals surface area contributed by atoms with Crippen molar-refractivity contribution in [3.8, 4) is 0 Å². The lowest BCUT2D eigenvalue weighted by atomic mass is 9.84. The van der Waals surface area contributed by atoms with Crippen LogP contribution in [-0.4, -0.2) is 36.4 Å². The fraction of sp³-hybridized carbons (Fsp3) is 0.480. The van der Waals surface area contributed by atoms with E-state index in [1.165, 1.54) is 45.3 Å². The molecule has 0 spiro atoms. The molecule has 2 bridgehead atoms. The van der Waals surface area contributed by atoms with Crippen LogP contribution in [0.2, 0.25) is 0 Å². The lowest BCUT2D eigenvalue weighted by Crippen LogP contribution is -2.66. The molecule has 3 heterocycles. The van der Waals surface area contributed by atoms with Crippen molar-refractivity contribution >= 4 is 11.8 Å². The molecule has 4 heteroatoms. The van der Waals surface area contributed by atoms with E-state index < -0.39 is 0 Å². The second kappa shape index (κ2) is 7.83. The number of hydrogen-bond donors (Lipinski definition) is 0. The number of carbonyl (C=O) groups is 1. The SMILES string of the molecule is O=C(O[C@@H]1CC2CC[N+]1(CC1CC1)CC2)N(Cc1ccccc1)c1ccccc1. The molecule has 2 aromatic carbocycles. The maximum absolute atomic E-state index is 13.4. The Kier molecular flexibility index (Phi) is 5.04. The van der Waals surface area contributed by atoms with Crippen LogP contribution in [0.15, 0.2) is 60.7 Å². The molecule has 3 saturated heterocycles. The Morgan fingerprint density at radius 3 is 2.24 bits per heavy atom. The normalized spacial score (nSPS) is 28.1. The molecule has 1 amide bonds. The first-order valence-electron chi connectivity index (χ1n) is 11.1. The van der Waals surface area contributed by atoms with Gasteiger partial charge in [-0.2, -0.15) is 0 Å². The molecule has 2 aromatic rings. The topological polar surface area (TPSA) is 29.5 Å². The van der Waals surface area contributed by atoms with Crippen LogP contribution in [0.3, 0.4) is 0 Å². The van der Waals surface area contributed by atoms with Gasteiger partial charge in [-0.25, -0.2) is 4.79 Å². The van der Waals surface area contributed by atoms with Gasteiger partial charge in [-0.3, -0.25) is 9.38 Å². The van der Waals surface area contributed by atoms with Crippen LogP contribution in [0.1, 0.15) is 37.7 Å². The number of hydrogen-bond acceptors (Lipinski definition) is 2. The molecule has 6 rings (SSSR count). The molecule has 3 aliphatic heterocycles. The lowest BCUT2D eigenvalue weighted by Gasteiger charge is -2.53. The van der Waals surface area contributed by atoms with Crippen LogP contribution in [0.25, 0.3) is 0 Å².